The summed E-state index contributed by atoms with van der Waals surface area (Å²) in [6.07, 6.45) is 0. The molecule has 0 unspecified atom stereocenters. The van der Waals surface area contributed by atoms with Gasteiger partial charge < -0.3 is 11.1 Å². The molecule has 62 valence electrons. The molecular weight excluding hydrogens is 124 g/mol. The Morgan fingerprint density at radius 1 is 1.20 bits per heavy atom. The third-order valence-corrected chi connectivity index (χ3v) is 1.45. The van der Waals surface area contributed by atoms with E-state index in [0.29, 0.717) is 6.04 Å². The zero-order valence-corrected chi connectivity index (χ0v) is 7.73. The Morgan fingerprint density at radius 3 is 1.70 bits per heavy atom. The van der Waals surface area contributed by atoms with Crippen molar-refractivity contribution >= 4 is 0 Å². The van der Waals surface area contributed by atoms with E-state index in [-0.39, 0.29) is 11.6 Å². The van der Waals surface area contributed by atoms with Crippen LogP contribution in [0.25, 0.3) is 0 Å². The fourth-order valence-electron chi connectivity index (χ4n) is 0.814. The molecule has 0 heterocycles. The third-order valence-electron chi connectivity index (χ3n) is 1.45. The summed E-state index contributed by atoms with van der Waals surface area (Å²) in [5, 5.41) is 3.39. The van der Waals surface area contributed by atoms with E-state index >= 15 is 0 Å². The number of hydrogen-bond donors (Lipinski definition) is 2. The van der Waals surface area contributed by atoms with E-state index in [2.05, 4.69) is 33.0 Å². The van der Waals surface area contributed by atoms with Crippen LogP contribution in [0, 0.1) is 0 Å². The van der Waals surface area contributed by atoms with E-state index in [4.69, 9.17) is 5.73 Å². The van der Waals surface area contributed by atoms with Gasteiger partial charge in [-0.1, -0.05) is 0 Å². The summed E-state index contributed by atoms with van der Waals surface area (Å²) in [6.45, 7) is 10.6. The summed E-state index contributed by atoms with van der Waals surface area (Å²) >= 11 is 0. The molecular formula is C8H20N2. The quantitative estimate of drug-likeness (QED) is 0.609. The van der Waals surface area contributed by atoms with Gasteiger partial charge in [-0.15, -0.1) is 0 Å². The van der Waals surface area contributed by atoms with Crippen LogP contribution in [0.1, 0.15) is 34.6 Å². The van der Waals surface area contributed by atoms with Gasteiger partial charge in [0.1, 0.15) is 0 Å². The summed E-state index contributed by atoms with van der Waals surface area (Å²) in [7, 11) is 0. The molecule has 0 aliphatic carbocycles. The molecule has 3 N–H and O–H groups in total. The molecule has 0 rings (SSSR count). The van der Waals surface area contributed by atoms with Gasteiger partial charge in [0, 0.05) is 17.6 Å². The molecule has 0 saturated heterocycles. The second-order valence-corrected chi connectivity index (χ2v) is 4.04. The van der Waals surface area contributed by atoms with Crippen LogP contribution in [-0.4, -0.2) is 17.6 Å². The first-order chi connectivity index (χ1) is 4.33. The SMILES string of the molecule is C[C@@H](N)[C@@H](C)NC(C)(C)C. The Hall–Kier alpha value is -0.0800. The molecule has 0 amide bonds. The number of nitrogens with one attached hydrogen (secondary N) is 1. The zero-order valence-electron chi connectivity index (χ0n) is 7.73. The Balaban J connectivity index is 3.68. The fraction of sp³-hybridized carbons (Fsp3) is 1.00. The topological polar surface area (TPSA) is 38.0 Å². The van der Waals surface area contributed by atoms with Gasteiger partial charge in [-0.2, -0.15) is 0 Å². The van der Waals surface area contributed by atoms with Gasteiger partial charge in [0.2, 0.25) is 0 Å². The normalized spacial score (nSPS) is 18.6. The first-order valence-corrected chi connectivity index (χ1v) is 3.86. The summed E-state index contributed by atoms with van der Waals surface area (Å²) < 4.78 is 0. The van der Waals surface area contributed by atoms with Crippen molar-refractivity contribution in [1.29, 1.82) is 0 Å². The molecule has 0 aromatic carbocycles. The van der Waals surface area contributed by atoms with Crippen LogP contribution in [0.5, 0.6) is 0 Å². The van der Waals surface area contributed by atoms with Crippen LogP contribution >= 0.6 is 0 Å². The maximum Gasteiger partial charge on any atom is 0.0192 e. The Morgan fingerprint density at radius 2 is 1.60 bits per heavy atom. The van der Waals surface area contributed by atoms with Crippen molar-refractivity contribution in [1.82, 2.24) is 5.32 Å². The van der Waals surface area contributed by atoms with E-state index in [1.54, 1.807) is 0 Å². The standard InChI is InChI=1S/C8H20N2/c1-6(9)7(2)10-8(3,4)5/h6-7,10H,9H2,1-5H3/t6-,7-/m1/s1. The van der Waals surface area contributed by atoms with Gasteiger partial charge in [0.25, 0.3) is 0 Å². The lowest BCUT2D eigenvalue weighted by molar-refractivity contribution is 0.346. The highest BCUT2D eigenvalue weighted by Crippen LogP contribution is 2.01. The lowest BCUT2D eigenvalue weighted by atomic mass is 10.1. The van der Waals surface area contributed by atoms with Crippen molar-refractivity contribution in [3.05, 3.63) is 0 Å². The van der Waals surface area contributed by atoms with Crippen molar-refractivity contribution in [3.8, 4) is 0 Å². The zero-order chi connectivity index (χ0) is 8.36. The molecule has 0 aliphatic heterocycles. The molecule has 0 aromatic rings. The molecule has 10 heavy (non-hydrogen) atoms. The van der Waals surface area contributed by atoms with Crippen LogP contribution in [0.15, 0.2) is 0 Å². The van der Waals surface area contributed by atoms with E-state index < -0.39 is 0 Å². The van der Waals surface area contributed by atoms with Gasteiger partial charge in [0.15, 0.2) is 0 Å². The van der Waals surface area contributed by atoms with Gasteiger partial charge in [-0.05, 0) is 34.6 Å². The summed E-state index contributed by atoms with van der Waals surface area (Å²) in [4.78, 5) is 0. The van der Waals surface area contributed by atoms with Crippen LogP contribution < -0.4 is 11.1 Å². The van der Waals surface area contributed by atoms with Crippen molar-refractivity contribution in [2.45, 2.75) is 52.2 Å². The van der Waals surface area contributed by atoms with Crippen LogP contribution in [-0.2, 0) is 0 Å². The number of rotatable bonds is 2. The van der Waals surface area contributed by atoms with Crippen LogP contribution in [0.4, 0.5) is 0 Å². The molecule has 2 heteroatoms. The molecule has 0 fully saturated rings. The second kappa shape index (κ2) is 3.35. The van der Waals surface area contributed by atoms with E-state index in [1.807, 2.05) is 6.92 Å². The monoisotopic (exact) mass is 144 g/mol. The molecule has 0 aromatic heterocycles. The number of nitrogens with two attached hydrogens (primary N) is 1. The first-order valence-electron chi connectivity index (χ1n) is 3.86. The molecule has 2 atom stereocenters. The smallest absolute Gasteiger partial charge is 0.0192 e. The van der Waals surface area contributed by atoms with Crippen molar-refractivity contribution in [2.75, 3.05) is 0 Å². The van der Waals surface area contributed by atoms with E-state index in [1.165, 1.54) is 0 Å². The van der Waals surface area contributed by atoms with Gasteiger partial charge in [-0.3, -0.25) is 0 Å². The Labute approximate surface area is 64.2 Å². The molecule has 0 bridgehead atoms. The average molecular weight is 144 g/mol. The maximum atomic E-state index is 5.68. The summed E-state index contributed by atoms with van der Waals surface area (Å²) in [6, 6.07) is 0.610. The molecule has 0 saturated carbocycles. The van der Waals surface area contributed by atoms with Gasteiger partial charge in [-0.25, -0.2) is 0 Å². The average Bonchev–Trinajstić information content (AvgIpc) is 1.60. The summed E-state index contributed by atoms with van der Waals surface area (Å²) in [5.41, 5.74) is 5.85. The molecule has 0 spiro atoms. The summed E-state index contributed by atoms with van der Waals surface area (Å²) in [5.74, 6) is 0. The third kappa shape index (κ3) is 4.77. The number of hydrogen-bond acceptors (Lipinski definition) is 2. The van der Waals surface area contributed by atoms with Gasteiger partial charge in [0.05, 0.1) is 0 Å². The largest absolute Gasteiger partial charge is 0.327 e. The second-order valence-electron chi connectivity index (χ2n) is 4.04. The highest BCUT2D eigenvalue weighted by Gasteiger charge is 2.15. The molecule has 0 radical (unpaired) electrons. The molecule has 2 nitrogen and oxygen atoms in total. The first kappa shape index (κ1) is 9.92. The molecule has 0 aliphatic rings. The van der Waals surface area contributed by atoms with Gasteiger partial charge >= 0.3 is 0 Å². The Bertz CT molecular complexity index is 91.9. The minimum absolute atomic E-state index is 0.174. The Kier molecular flexibility index (Phi) is 3.33. The minimum atomic E-state index is 0.174. The maximum absolute atomic E-state index is 5.68. The lowest BCUT2D eigenvalue weighted by Crippen LogP contribution is -2.49. The van der Waals surface area contributed by atoms with Crippen molar-refractivity contribution in [2.24, 2.45) is 5.73 Å². The van der Waals surface area contributed by atoms with Crippen molar-refractivity contribution in [3.63, 3.8) is 0 Å². The highest BCUT2D eigenvalue weighted by atomic mass is 15.0. The lowest BCUT2D eigenvalue weighted by Gasteiger charge is -2.28. The fourth-order valence-corrected chi connectivity index (χ4v) is 0.814. The van der Waals surface area contributed by atoms with E-state index in [0.717, 1.165) is 0 Å². The minimum Gasteiger partial charge on any atom is -0.327 e. The van der Waals surface area contributed by atoms with Crippen LogP contribution in [0.2, 0.25) is 0 Å². The van der Waals surface area contributed by atoms with E-state index in [9.17, 15) is 0 Å². The predicted molar refractivity (Wildman–Crippen MR) is 46.0 cm³/mol. The van der Waals surface area contributed by atoms with Crippen molar-refractivity contribution < 1.29 is 0 Å². The highest BCUT2D eigenvalue weighted by molar-refractivity contribution is 4.79. The predicted octanol–water partition coefficient (Wildman–Crippen LogP) is 1.11. The van der Waals surface area contributed by atoms with Crippen LogP contribution in [0.3, 0.4) is 0 Å².